The van der Waals surface area contributed by atoms with Crippen LogP contribution in [0.2, 0.25) is 0 Å². The second-order valence-electron chi connectivity index (χ2n) is 4.52. The molecule has 2 rings (SSSR count). The van der Waals surface area contributed by atoms with E-state index in [1.165, 1.54) is 5.56 Å². The first kappa shape index (κ1) is 11.6. The molecule has 4 heteroatoms. The highest BCUT2D eigenvalue weighted by atomic mass is 32.2. The summed E-state index contributed by atoms with van der Waals surface area (Å²) in [6, 6.07) is 9.90. The van der Waals surface area contributed by atoms with Gasteiger partial charge in [-0.2, -0.15) is 0 Å². The summed E-state index contributed by atoms with van der Waals surface area (Å²) in [7, 11) is -2.88. The summed E-state index contributed by atoms with van der Waals surface area (Å²) in [5, 5.41) is 0. The summed E-state index contributed by atoms with van der Waals surface area (Å²) in [6.45, 7) is 0. The van der Waals surface area contributed by atoms with E-state index in [0.29, 0.717) is 12.3 Å². The molecule has 0 radical (unpaired) electrons. The molecule has 0 aliphatic carbocycles. The Hall–Kier alpha value is -0.870. The molecule has 2 unspecified atom stereocenters. The van der Waals surface area contributed by atoms with E-state index in [-0.39, 0.29) is 17.5 Å². The molecular weight excluding hydrogens is 222 g/mol. The molecule has 2 N–H and O–H groups in total. The Morgan fingerprint density at radius 3 is 2.56 bits per heavy atom. The number of hydrogen-bond donors (Lipinski definition) is 1. The standard InChI is InChI=1S/C12H17NO2S/c13-12-9-16(14,15)7-6-11(12)8-10-4-2-1-3-5-10/h1-5,11-12H,6-9,13H2. The molecule has 2 atom stereocenters. The number of nitrogens with two attached hydrogens (primary N) is 1. The van der Waals surface area contributed by atoms with E-state index >= 15 is 0 Å². The average molecular weight is 239 g/mol. The van der Waals surface area contributed by atoms with Crippen LogP contribution in [0.4, 0.5) is 0 Å². The Morgan fingerprint density at radius 2 is 1.94 bits per heavy atom. The minimum atomic E-state index is -2.88. The van der Waals surface area contributed by atoms with Crippen molar-refractivity contribution >= 4 is 9.84 Å². The first-order valence-corrected chi connectivity index (χ1v) is 7.39. The van der Waals surface area contributed by atoms with Crippen LogP contribution in [0, 0.1) is 5.92 Å². The van der Waals surface area contributed by atoms with Gasteiger partial charge in [-0.05, 0) is 24.3 Å². The Balaban J connectivity index is 2.02. The number of hydrogen-bond acceptors (Lipinski definition) is 3. The summed E-state index contributed by atoms with van der Waals surface area (Å²) in [5.74, 6) is 0.730. The molecule has 1 aliphatic heterocycles. The molecule has 3 nitrogen and oxygen atoms in total. The van der Waals surface area contributed by atoms with Gasteiger partial charge in [0.25, 0.3) is 0 Å². The molecule has 16 heavy (non-hydrogen) atoms. The van der Waals surface area contributed by atoms with Gasteiger partial charge in [0.1, 0.15) is 0 Å². The lowest BCUT2D eigenvalue weighted by atomic mass is 9.91. The lowest BCUT2D eigenvalue weighted by Crippen LogP contribution is -2.43. The fraction of sp³-hybridized carbons (Fsp3) is 0.500. The maximum absolute atomic E-state index is 11.4. The summed E-state index contributed by atoms with van der Waals surface area (Å²) in [6.07, 6.45) is 1.58. The molecule has 0 bridgehead atoms. The van der Waals surface area contributed by atoms with Gasteiger partial charge in [0, 0.05) is 6.04 Å². The van der Waals surface area contributed by atoms with E-state index in [1.807, 2.05) is 18.2 Å². The van der Waals surface area contributed by atoms with Crippen LogP contribution < -0.4 is 5.73 Å². The smallest absolute Gasteiger partial charge is 0.151 e. The van der Waals surface area contributed by atoms with E-state index in [4.69, 9.17) is 5.73 Å². The van der Waals surface area contributed by atoms with Gasteiger partial charge in [0.05, 0.1) is 11.5 Å². The zero-order valence-electron chi connectivity index (χ0n) is 9.17. The summed E-state index contributed by atoms with van der Waals surface area (Å²) >= 11 is 0. The van der Waals surface area contributed by atoms with Crippen LogP contribution in [0.5, 0.6) is 0 Å². The van der Waals surface area contributed by atoms with Gasteiger partial charge in [-0.3, -0.25) is 0 Å². The summed E-state index contributed by atoms with van der Waals surface area (Å²) < 4.78 is 22.8. The quantitative estimate of drug-likeness (QED) is 0.837. The van der Waals surface area contributed by atoms with Crippen LogP contribution in [-0.4, -0.2) is 26.0 Å². The molecule has 1 aliphatic rings. The van der Waals surface area contributed by atoms with Crippen LogP contribution in [0.25, 0.3) is 0 Å². The van der Waals surface area contributed by atoms with Crippen molar-refractivity contribution in [3.05, 3.63) is 35.9 Å². The van der Waals surface area contributed by atoms with Crippen molar-refractivity contribution in [3.63, 3.8) is 0 Å². The van der Waals surface area contributed by atoms with E-state index in [1.54, 1.807) is 0 Å². The molecule has 0 amide bonds. The van der Waals surface area contributed by atoms with Gasteiger partial charge in [-0.15, -0.1) is 0 Å². The number of rotatable bonds is 2. The summed E-state index contributed by atoms with van der Waals surface area (Å²) in [5.41, 5.74) is 7.16. The topological polar surface area (TPSA) is 60.2 Å². The fourth-order valence-electron chi connectivity index (χ4n) is 2.23. The Labute approximate surface area is 96.6 Å². The van der Waals surface area contributed by atoms with Gasteiger partial charge >= 0.3 is 0 Å². The molecule has 1 heterocycles. The van der Waals surface area contributed by atoms with Crippen LogP contribution in [-0.2, 0) is 16.3 Å². The normalized spacial score (nSPS) is 28.8. The molecule has 0 saturated carbocycles. The van der Waals surface area contributed by atoms with E-state index in [2.05, 4.69) is 12.1 Å². The Morgan fingerprint density at radius 1 is 1.25 bits per heavy atom. The highest BCUT2D eigenvalue weighted by Crippen LogP contribution is 2.22. The van der Waals surface area contributed by atoms with E-state index in [0.717, 1.165) is 6.42 Å². The monoisotopic (exact) mass is 239 g/mol. The molecule has 88 valence electrons. The lowest BCUT2D eigenvalue weighted by molar-refractivity contribution is 0.408. The van der Waals surface area contributed by atoms with Crippen LogP contribution in [0.3, 0.4) is 0 Å². The van der Waals surface area contributed by atoms with E-state index < -0.39 is 9.84 Å². The molecule has 0 aromatic heterocycles. The molecule has 0 spiro atoms. The summed E-state index contributed by atoms with van der Waals surface area (Å²) in [4.78, 5) is 0. The second kappa shape index (κ2) is 4.55. The third kappa shape index (κ3) is 2.83. The lowest BCUT2D eigenvalue weighted by Gasteiger charge is -2.28. The van der Waals surface area contributed by atoms with Gasteiger partial charge in [-0.1, -0.05) is 30.3 Å². The predicted octanol–water partition coefficient (Wildman–Crippen LogP) is 0.991. The number of benzene rings is 1. The van der Waals surface area contributed by atoms with Crippen LogP contribution >= 0.6 is 0 Å². The van der Waals surface area contributed by atoms with E-state index in [9.17, 15) is 8.42 Å². The SMILES string of the molecule is NC1CS(=O)(=O)CCC1Cc1ccccc1. The first-order valence-electron chi connectivity index (χ1n) is 5.57. The second-order valence-corrected chi connectivity index (χ2v) is 6.75. The molecular formula is C12H17NO2S. The van der Waals surface area contributed by atoms with Crippen LogP contribution in [0.1, 0.15) is 12.0 Å². The van der Waals surface area contributed by atoms with Crippen molar-refractivity contribution in [2.45, 2.75) is 18.9 Å². The third-order valence-corrected chi connectivity index (χ3v) is 4.94. The molecule has 1 saturated heterocycles. The van der Waals surface area contributed by atoms with Crippen molar-refractivity contribution in [2.24, 2.45) is 11.7 Å². The Bertz CT molecular complexity index is 441. The van der Waals surface area contributed by atoms with Gasteiger partial charge < -0.3 is 5.73 Å². The molecule has 1 fully saturated rings. The maximum atomic E-state index is 11.4. The average Bonchev–Trinajstić information content (AvgIpc) is 2.23. The highest BCUT2D eigenvalue weighted by molar-refractivity contribution is 7.91. The maximum Gasteiger partial charge on any atom is 0.151 e. The number of sulfone groups is 1. The van der Waals surface area contributed by atoms with Crippen molar-refractivity contribution < 1.29 is 8.42 Å². The predicted molar refractivity (Wildman–Crippen MR) is 64.9 cm³/mol. The van der Waals surface area contributed by atoms with Crippen LogP contribution in [0.15, 0.2) is 30.3 Å². The fourth-order valence-corrected chi connectivity index (χ4v) is 3.92. The molecule has 1 aromatic carbocycles. The highest BCUT2D eigenvalue weighted by Gasteiger charge is 2.30. The third-order valence-electron chi connectivity index (χ3n) is 3.19. The Kier molecular flexibility index (Phi) is 3.30. The van der Waals surface area contributed by atoms with Crippen molar-refractivity contribution in [1.82, 2.24) is 0 Å². The molecule has 1 aromatic rings. The van der Waals surface area contributed by atoms with Crippen molar-refractivity contribution in [3.8, 4) is 0 Å². The van der Waals surface area contributed by atoms with Gasteiger partial charge in [0.2, 0.25) is 0 Å². The minimum Gasteiger partial charge on any atom is -0.327 e. The largest absolute Gasteiger partial charge is 0.327 e. The van der Waals surface area contributed by atoms with Gasteiger partial charge in [-0.25, -0.2) is 8.42 Å². The minimum absolute atomic E-state index is 0.143. The zero-order valence-corrected chi connectivity index (χ0v) is 9.99. The first-order chi connectivity index (χ1) is 7.57. The van der Waals surface area contributed by atoms with Gasteiger partial charge in [0.15, 0.2) is 9.84 Å². The zero-order chi connectivity index (χ0) is 11.6. The van der Waals surface area contributed by atoms with Crippen molar-refractivity contribution in [1.29, 1.82) is 0 Å². The van der Waals surface area contributed by atoms with Crippen molar-refractivity contribution in [2.75, 3.05) is 11.5 Å².